The van der Waals surface area contributed by atoms with Crippen LogP contribution in [0.25, 0.3) is 0 Å². The molecular formula is C12H13ClN2O3S. The van der Waals surface area contributed by atoms with Crippen molar-refractivity contribution in [2.75, 3.05) is 26.6 Å². The molecule has 0 aliphatic heterocycles. The molecule has 1 aromatic heterocycles. The Labute approximate surface area is 120 Å². The normalized spacial score (nSPS) is 10.1. The molecule has 0 amide bonds. The van der Waals surface area contributed by atoms with Gasteiger partial charge in [-0.05, 0) is 0 Å². The predicted molar refractivity (Wildman–Crippen MR) is 76.5 cm³/mol. The molecular weight excluding hydrogens is 288 g/mol. The topological polar surface area (TPSA) is 52.6 Å². The second-order valence-electron chi connectivity index (χ2n) is 3.51. The number of nitrogens with one attached hydrogen (secondary N) is 1. The van der Waals surface area contributed by atoms with Gasteiger partial charge in [0.15, 0.2) is 16.6 Å². The van der Waals surface area contributed by atoms with Crippen molar-refractivity contribution in [3.8, 4) is 17.2 Å². The van der Waals surface area contributed by atoms with Crippen LogP contribution < -0.4 is 19.5 Å². The van der Waals surface area contributed by atoms with Gasteiger partial charge in [-0.1, -0.05) is 11.6 Å². The first-order valence-corrected chi connectivity index (χ1v) is 6.61. The van der Waals surface area contributed by atoms with Crippen LogP contribution in [0.2, 0.25) is 5.15 Å². The Kier molecular flexibility index (Phi) is 4.34. The maximum Gasteiger partial charge on any atom is 0.203 e. The Morgan fingerprint density at radius 3 is 2.16 bits per heavy atom. The number of halogens is 1. The smallest absolute Gasteiger partial charge is 0.203 e. The van der Waals surface area contributed by atoms with E-state index in [0.717, 1.165) is 5.69 Å². The molecule has 102 valence electrons. The standard InChI is InChI=1S/C12H13ClN2O3S/c1-16-8-4-7(5-9(17-2)11(8)18-3)14-12-15-10(13)6-19-12/h4-6H,1-3H3,(H,14,15). The maximum atomic E-state index is 5.78. The van der Waals surface area contributed by atoms with Gasteiger partial charge in [0.05, 0.1) is 21.3 Å². The summed E-state index contributed by atoms with van der Waals surface area (Å²) < 4.78 is 15.8. The summed E-state index contributed by atoms with van der Waals surface area (Å²) in [6, 6.07) is 3.60. The van der Waals surface area contributed by atoms with Crippen LogP contribution >= 0.6 is 22.9 Å². The maximum absolute atomic E-state index is 5.78. The van der Waals surface area contributed by atoms with Crippen molar-refractivity contribution in [2.24, 2.45) is 0 Å². The van der Waals surface area contributed by atoms with Crippen molar-refractivity contribution >= 4 is 33.8 Å². The number of aromatic nitrogens is 1. The van der Waals surface area contributed by atoms with Gasteiger partial charge < -0.3 is 19.5 Å². The van der Waals surface area contributed by atoms with Gasteiger partial charge >= 0.3 is 0 Å². The predicted octanol–water partition coefficient (Wildman–Crippen LogP) is 3.57. The molecule has 0 unspecified atom stereocenters. The fraction of sp³-hybridized carbons (Fsp3) is 0.250. The molecule has 0 atom stereocenters. The van der Waals surface area contributed by atoms with Gasteiger partial charge in [0.1, 0.15) is 5.15 Å². The van der Waals surface area contributed by atoms with E-state index < -0.39 is 0 Å². The first kappa shape index (κ1) is 13.8. The Hall–Kier alpha value is -1.66. The number of ether oxygens (including phenoxy) is 3. The SMILES string of the molecule is COc1cc(Nc2nc(Cl)cs2)cc(OC)c1OC. The van der Waals surface area contributed by atoms with E-state index in [9.17, 15) is 0 Å². The van der Waals surface area contributed by atoms with Gasteiger partial charge in [0.25, 0.3) is 0 Å². The number of anilines is 2. The summed E-state index contributed by atoms with van der Waals surface area (Å²) in [7, 11) is 4.71. The van der Waals surface area contributed by atoms with Crippen molar-refractivity contribution in [3.05, 3.63) is 22.7 Å². The van der Waals surface area contributed by atoms with E-state index in [1.54, 1.807) is 38.8 Å². The van der Waals surface area contributed by atoms with E-state index in [4.69, 9.17) is 25.8 Å². The highest BCUT2D eigenvalue weighted by molar-refractivity contribution is 7.14. The number of nitrogens with zero attached hydrogens (tertiary/aromatic N) is 1. The first-order valence-electron chi connectivity index (χ1n) is 5.36. The van der Waals surface area contributed by atoms with Crippen molar-refractivity contribution in [2.45, 2.75) is 0 Å². The summed E-state index contributed by atoms with van der Waals surface area (Å²) in [6.45, 7) is 0. The van der Waals surface area contributed by atoms with Gasteiger partial charge in [-0.2, -0.15) is 0 Å². The molecule has 7 heteroatoms. The zero-order valence-corrected chi connectivity index (χ0v) is 12.3. The van der Waals surface area contributed by atoms with Crippen LogP contribution in [0.15, 0.2) is 17.5 Å². The molecule has 1 aromatic carbocycles. The average Bonchev–Trinajstić information content (AvgIpc) is 2.82. The zero-order valence-electron chi connectivity index (χ0n) is 10.7. The summed E-state index contributed by atoms with van der Waals surface area (Å²) in [5, 5.41) is 6.04. The zero-order chi connectivity index (χ0) is 13.8. The molecule has 1 heterocycles. The van der Waals surface area contributed by atoms with Gasteiger partial charge in [0, 0.05) is 23.2 Å². The number of benzene rings is 1. The van der Waals surface area contributed by atoms with Crippen molar-refractivity contribution in [1.82, 2.24) is 4.98 Å². The van der Waals surface area contributed by atoms with E-state index >= 15 is 0 Å². The molecule has 0 radical (unpaired) electrons. The molecule has 0 aliphatic carbocycles. The van der Waals surface area contributed by atoms with Crippen molar-refractivity contribution < 1.29 is 14.2 Å². The van der Waals surface area contributed by atoms with Crippen LogP contribution in [0.4, 0.5) is 10.8 Å². The van der Waals surface area contributed by atoms with Crippen LogP contribution in [-0.4, -0.2) is 26.3 Å². The second kappa shape index (κ2) is 5.99. The molecule has 0 saturated heterocycles. The third kappa shape index (κ3) is 3.02. The van der Waals surface area contributed by atoms with E-state index in [1.165, 1.54) is 11.3 Å². The Morgan fingerprint density at radius 1 is 1.11 bits per heavy atom. The minimum Gasteiger partial charge on any atom is -0.493 e. The summed E-state index contributed by atoms with van der Waals surface area (Å²) in [4.78, 5) is 4.12. The lowest BCUT2D eigenvalue weighted by Gasteiger charge is -2.14. The molecule has 2 aromatic rings. The molecule has 0 aliphatic rings. The molecule has 19 heavy (non-hydrogen) atoms. The number of hydrogen-bond donors (Lipinski definition) is 1. The highest BCUT2D eigenvalue weighted by Gasteiger charge is 2.13. The third-order valence-electron chi connectivity index (χ3n) is 2.39. The van der Waals surface area contributed by atoms with Gasteiger partial charge in [-0.25, -0.2) is 4.98 Å². The number of hydrogen-bond acceptors (Lipinski definition) is 6. The summed E-state index contributed by atoms with van der Waals surface area (Å²) in [6.07, 6.45) is 0. The number of methoxy groups -OCH3 is 3. The van der Waals surface area contributed by atoms with E-state index in [-0.39, 0.29) is 0 Å². The highest BCUT2D eigenvalue weighted by Crippen LogP contribution is 2.40. The molecule has 0 bridgehead atoms. The van der Waals surface area contributed by atoms with E-state index in [1.807, 2.05) is 0 Å². The fourth-order valence-electron chi connectivity index (χ4n) is 1.59. The molecule has 0 spiro atoms. The summed E-state index contributed by atoms with van der Waals surface area (Å²) in [5.74, 6) is 1.70. The van der Waals surface area contributed by atoms with Crippen LogP contribution in [0.3, 0.4) is 0 Å². The Morgan fingerprint density at radius 2 is 1.74 bits per heavy atom. The van der Waals surface area contributed by atoms with E-state index in [2.05, 4.69) is 10.3 Å². The first-order chi connectivity index (χ1) is 9.17. The number of thiazole rings is 1. The lowest BCUT2D eigenvalue weighted by atomic mass is 10.2. The largest absolute Gasteiger partial charge is 0.493 e. The lowest BCUT2D eigenvalue weighted by Crippen LogP contribution is -1.97. The molecule has 2 rings (SSSR count). The summed E-state index contributed by atoms with van der Waals surface area (Å²) >= 11 is 7.20. The van der Waals surface area contributed by atoms with Gasteiger partial charge in [-0.15, -0.1) is 11.3 Å². The summed E-state index contributed by atoms with van der Waals surface area (Å²) in [5.41, 5.74) is 0.778. The average molecular weight is 301 g/mol. The van der Waals surface area contributed by atoms with Crippen LogP contribution in [0.5, 0.6) is 17.2 Å². The second-order valence-corrected chi connectivity index (χ2v) is 4.76. The molecule has 1 N–H and O–H groups in total. The lowest BCUT2D eigenvalue weighted by molar-refractivity contribution is 0.324. The fourth-order valence-corrected chi connectivity index (χ4v) is 2.45. The van der Waals surface area contributed by atoms with Crippen LogP contribution in [-0.2, 0) is 0 Å². The minimum absolute atomic E-state index is 0.458. The Balaban J connectivity index is 2.35. The molecule has 5 nitrogen and oxygen atoms in total. The van der Waals surface area contributed by atoms with Gasteiger partial charge in [-0.3, -0.25) is 0 Å². The molecule has 0 fully saturated rings. The van der Waals surface area contributed by atoms with Crippen molar-refractivity contribution in [3.63, 3.8) is 0 Å². The monoisotopic (exact) mass is 300 g/mol. The third-order valence-corrected chi connectivity index (χ3v) is 3.47. The van der Waals surface area contributed by atoms with Gasteiger partial charge in [0.2, 0.25) is 5.75 Å². The van der Waals surface area contributed by atoms with Crippen LogP contribution in [0.1, 0.15) is 0 Å². The van der Waals surface area contributed by atoms with Crippen LogP contribution in [0, 0.1) is 0 Å². The van der Waals surface area contributed by atoms with Crippen molar-refractivity contribution in [1.29, 1.82) is 0 Å². The molecule has 0 saturated carbocycles. The highest BCUT2D eigenvalue weighted by atomic mass is 35.5. The number of rotatable bonds is 5. The van der Waals surface area contributed by atoms with E-state index in [0.29, 0.717) is 27.5 Å². The quantitative estimate of drug-likeness (QED) is 0.915. The Bertz CT molecular complexity index is 549. The minimum atomic E-state index is 0.458.